The van der Waals surface area contributed by atoms with Gasteiger partial charge in [0, 0.05) is 10.1 Å². The third-order valence-corrected chi connectivity index (χ3v) is 5.42. The maximum Gasteiger partial charge on any atom is 0.310 e. The molecule has 0 amide bonds. The zero-order chi connectivity index (χ0) is 13.2. The first-order chi connectivity index (χ1) is 9.29. The van der Waals surface area contributed by atoms with Crippen molar-refractivity contribution in [3.8, 4) is 0 Å². The van der Waals surface area contributed by atoms with E-state index in [0.29, 0.717) is 23.7 Å². The molecular formula is C16H18O2S. The fourth-order valence-electron chi connectivity index (χ4n) is 3.14. The number of carbonyl (C=O) groups excluding carboxylic acids is 1. The van der Waals surface area contributed by atoms with Gasteiger partial charge in [-0.3, -0.25) is 4.79 Å². The zero-order valence-electron chi connectivity index (χ0n) is 11.0. The van der Waals surface area contributed by atoms with E-state index in [0.717, 1.165) is 6.42 Å². The van der Waals surface area contributed by atoms with Gasteiger partial charge in [0.05, 0.1) is 12.5 Å². The third-order valence-electron chi connectivity index (χ3n) is 3.96. The van der Waals surface area contributed by atoms with Crippen LogP contribution in [0.5, 0.6) is 0 Å². The second kappa shape index (κ2) is 5.41. The standard InChI is InChI=1S/C16H18O2S/c1-2-18-16(17)14-11-8-9-12(10-11)15(14)19-13-6-4-3-5-7-13/h3-9,11-12,14-15H,2,10H2,1H3/t11-,12-,14-,15+/m0/s1. The minimum absolute atomic E-state index is 0.0206. The molecule has 0 aliphatic heterocycles. The minimum Gasteiger partial charge on any atom is -0.466 e. The molecule has 0 heterocycles. The Bertz CT molecular complexity index is 483. The molecule has 2 aliphatic rings. The Hall–Kier alpha value is -1.22. The smallest absolute Gasteiger partial charge is 0.310 e. The predicted molar refractivity (Wildman–Crippen MR) is 76.9 cm³/mol. The second-order valence-corrected chi connectivity index (χ2v) is 6.37. The highest BCUT2D eigenvalue weighted by molar-refractivity contribution is 8.00. The normalized spacial score (nSPS) is 31.6. The number of ether oxygens (including phenoxy) is 1. The monoisotopic (exact) mass is 274 g/mol. The summed E-state index contributed by atoms with van der Waals surface area (Å²) in [5, 5.41) is 0.330. The Balaban J connectivity index is 1.78. The Morgan fingerprint density at radius 1 is 1.26 bits per heavy atom. The van der Waals surface area contributed by atoms with E-state index in [2.05, 4.69) is 24.3 Å². The van der Waals surface area contributed by atoms with Crippen LogP contribution in [0.15, 0.2) is 47.4 Å². The van der Waals surface area contributed by atoms with Crippen LogP contribution in [0.2, 0.25) is 0 Å². The first-order valence-electron chi connectivity index (χ1n) is 6.86. The molecule has 0 aromatic heterocycles. The van der Waals surface area contributed by atoms with E-state index in [4.69, 9.17) is 4.74 Å². The van der Waals surface area contributed by atoms with E-state index in [1.165, 1.54) is 4.90 Å². The Morgan fingerprint density at radius 3 is 2.74 bits per heavy atom. The van der Waals surface area contributed by atoms with Crippen LogP contribution in [-0.2, 0) is 9.53 Å². The van der Waals surface area contributed by atoms with Crippen molar-refractivity contribution in [2.45, 2.75) is 23.5 Å². The van der Waals surface area contributed by atoms with Crippen LogP contribution in [0.3, 0.4) is 0 Å². The maximum absolute atomic E-state index is 12.2. The van der Waals surface area contributed by atoms with E-state index < -0.39 is 0 Å². The largest absolute Gasteiger partial charge is 0.466 e. The summed E-state index contributed by atoms with van der Waals surface area (Å²) in [7, 11) is 0. The van der Waals surface area contributed by atoms with Gasteiger partial charge in [-0.25, -0.2) is 0 Å². The fraction of sp³-hybridized carbons (Fsp3) is 0.438. The summed E-state index contributed by atoms with van der Waals surface area (Å²) in [6, 6.07) is 10.3. The molecule has 1 fully saturated rings. The molecule has 19 heavy (non-hydrogen) atoms. The number of hydrogen-bond donors (Lipinski definition) is 0. The average Bonchev–Trinajstić information content (AvgIpc) is 3.01. The molecule has 0 radical (unpaired) electrons. The van der Waals surface area contributed by atoms with Crippen molar-refractivity contribution in [2.75, 3.05) is 6.61 Å². The highest BCUT2D eigenvalue weighted by Crippen LogP contribution is 2.51. The summed E-state index contributed by atoms with van der Waals surface area (Å²) in [6.07, 6.45) is 5.59. The Morgan fingerprint density at radius 2 is 2.00 bits per heavy atom. The average molecular weight is 274 g/mol. The maximum atomic E-state index is 12.2. The molecule has 1 aromatic rings. The number of fused-ring (bicyclic) bond motifs is 2. The van der Waals surface area contributed by atoms with Crippen LogP contribution in [0.4, 0.5) is 0 Å². The molecule has 0 unspecified atom stereocenters. The third kappa shape index (κ3) is 2.44. The van der Waals surface area contributed by atoms with Crippen molar-refractivity contribution in [3.63, 3.8) is 0 Å². The summed E-state index contributed by atoms with van der Waals surface area (Å²) in [4.78, 5) is 13.4. The SMILES string of the molecule is CCOC(=O)[C@@H]1[C@H](Sc2ccccc2)[C@H]2C=C[C@H]1C2. The first-order valence-corrected chi connectivity index (χ1v) is 7.74. The van der Waals surface area contributed by atoms with Crippen LogP contribution in [0, 0.1) is 17.8 Å². The van der Waals surface area contributed by atoms with Gasteiger partial charge in [-0.2, -0.15) is 0 Å². The molecule has 0 spiro atoms. The number of thioether (sulfide) groups is 1. The molecule has 3 rings (SSSR count). The van der Waals surface area contributed by atoms with E-state index in [1.54, 1.807) is 0 Å². The van der Waals surface area contributed by atoms with E-state index in [1.807, 2.05) is 36.9 Å². The number of allylic oxidation sites excluding steroid dienone is 2. The molecule has 2 nitrogen and oxygen atoms in total. The van der Waals surface area contributed by atoms with Crippen molar-refractivity contribution in [1.82, 2.24) is 0 Å². The van der Waals surface area contributed by atoms with Gasteiger partial charge in [0.2, 0.25) is 0 Å². The highest BCUT2D eigenvalue weighted by Gasteiger charge is 2.49. The summed E-state index contributed by atoms with van der Waals surface area (Å²) in [5.74, 6) is 0.905. The number of benzene rings is 1. The summed E-state index contributed by atoms with van der Waals surface area (Å²) >= 11 is 1.82. The van der Waals surface area contributed by atoms with Gasteiger partial charge in [-0.05, 0) is 37.3 Å². The lowest BCUT2D eigenvalue weighted by Crippen LogP contribution is -2.31. The molecule has 1 aromatic carbocycles. The van der Waals surface area contributed by atoms with Gasteiger partial charge in [-0.15, -0.1) is 11.8 Å². The zero-order valence-corrected chi connectivity index (χ0v) is 11.8. The molecule has 100 valence electrons. The molecule has 0 saturated heterocycles. The number of carbonyl (C=O) groups is 1. The highest BCUT2D eigenvalue weighted by atomic mass is 32.2. The van der Waals surface area contributed by atoms with Crippen molar-refractivity contribution >= 4 is 17.7 Å². The lowest BCUT2D eigenvalue weighted by atomic mass is 9.93. The van der Waals surface area contributed by atoms with Gasteiger partial charge in [0.1, 0.15) is 0 Å². The van der Waals surface area contributed by atoms with Crippen molar-refractivity contribution < 1.29 is 9.53 Å². The molecule has 0 N–H and O–H groups in total. The number of rotatable bonds is 4. The van der Waals surface area contributed by atoms with Gasteiger partial charge >= 0.3 is 5.97 Å². The van der Waals surface area contributed by atoms with Crippen LogP contribution in [0.25, 0.3) is 0 Å². The number of hydrogen-bond acceptors (Lipinski definition) is 3. The quantitative estimate of drug-likeness (QED) is 0.620. The molecule has 2 bridgehead atoms. The van der Waals surface area contributed by atoms with Crippen LogP contribution < -0.4 is 0 Å². The van der Waals surface area contributed by atoms with Gasteiger partial charge < -0.3 is 4.74 Å². The van der Waals surface area contributed by atoms with E-state index in [9.17, 15) is 4.79 Å². The molecular weight excluding hydrogens is 256 g/mol. The van der Waals surface area contributed by atoms with Crippen molar-refractivity contribution in [1.29, 1.82) is 0 Å². The van der Waals surface area contributed by atoms with E-state index in [-0.39, 0.29) is 11.9 Å². The second-order valence-electron chi connectivity index (χ2n) is 5.12. The van der Waals surface area contributed by atoms with Crippen LogP contribution in [-0.4, -0.2) is 17.8 Å². The van der Waals surface area contributed by atoms with Gasteiger partial charge in [0.15, 0.2) is 0 Å². The van der Waals surface area contributed by atoms with Crippen LogP contribution >= 0.6 is 11.8 Å². The molecule has 1 saturated carbocycles. The minimum atomic E-state index is -0.0206. The molecule has 4 atom stereocenters. The summed E-state index contributed by atoms with van der Waals surface area (Å²) < 4.78 is 5.26. The fourth-order valence-corrected chi connectivity index (χ4v) is 4.61. The predicted octanol–water partition coefficient (Wildman–Crippen LogP) is 3.53. The van der Waals surface area contributed by atoms with E-state index >= 15 is 0 Å². The summed E-state index contributed by atoms with van der Waals surface area (Å²) in [5.41, 5.74) is 0. The number of esters is 1. The Labute approximate surface area is 118 Å². The Kier molecular flexibility index (Phi) is 3.65. The summed E-state index contributed by atoms with van der Waals surface area (Å²) in [6.45, 7) is 2.35. The van der Waals surface area contributed by atoms with Gasteiger partial charge in [0.25, 0.3) is 0 Å². The lowest BCUT2D eigenvalue weighted by Gasteiger charge is -2.25. The van der Waals surface area contributed by atoms with Crippen molar-refractivity contribution in [2.24, 2.45) is 17.8 Å². The first kappa shape index (κ1) is 12.8. The topological polar surface area (TPSA) is 26.3 Å². The lowest BCUT2D eigenvalue weighted by molar-refractivity contribution is -0.148. The molecule has 3 heteroatoms. The molecule has 2 aliphatic carbocycles. The van der Waals surface area contributed by atoms with Gasteiger partial charge in [-0.1, -0.05) is 30.4 Å². The van der Waals surface area contributed by atoms with Crippen LogP contribution in [0.1, 0.15) is 13.3 Å². The van der Waals surface area contributed by atoms with Crippen molar-refractivity contribution in [3.05, 3.63) is 42.5 Å².